The van der Waals surface area contributed by atoms with Crippen LogP contribution in [-0.4, -0.2) is 53.1 Å². The quantitative estimate of drug-likeness (QED) is 0.536. The molecule has 34 heavy (non-hydrogen) atoms. The van der Waals surface area contributed by atoms with Crippen LogP contribution in [0.2, 0.25) is 0 Å². The number of hydrogen-bond donors (Lipinski definition) is 1. The summed E-state index contributed by atoms with van der Waals surface area (Å²) in [6, 6.07) is 17.3. The van der Waals surface area contributed by atoms with Crippen molar-refractivity contribution in [3.05, 3.63) is 77.4 Å². The Morgan fingerprint density at radius 1 is 0.941 bits per heavy atom. The van der Waals surface area contributed by atoms with E-state index in [1.54, 1.807) is 6.07 Å². The maximum absolute atomic E-state index is 13.0. The molecule has 3 aromatic carbocycles. The van der Waals surface area contributed by atoms with Crippen molar-refractivity contribution < 1.29 is 21.6 Å². The Morgan fingerprint density at radius 3 is 2.38 bits per heavy atom. The van der Waals surface area contributed by atoms with E-state index in [-0.39, 0.29) is 5.75 Å². The second kappa shape index (κ2) is 9.93. The summed E-state index contributed by atoms with van der Waals surface area (Å²) >= 11 is 0. The van der Waals surface area contributed by atoms with Crippen molar-refractivity contribution in [1.29, 1.82) is 0 Å². The number of rotatable bonds is 7. The molecule has 0 radical (unpaired) electrons. The molecular formula is C25H28F3N3O2S. The normalized spacial score (nSPS) is 15.7. The molecule has 0 saturated carbocycles. The Kier molecular flexibility index (Phi) is 7.16. The third-order valence-electron chi connectivity index (χ3n) is 6.31. The van der Waals surface area contributed by atoms with Crippen LogP contribution in [0.4, 0.5) is 18.9 Å². The maximum Gasteiger partial charge on any atom is 0.416 e. The van der Waals surface area contributed by atoms with Gasteiger partial charge in [-0.15, -0.1) is 0 Å². The number of fused-ring (bicyclic) bond motifs is 1. The number of alkyl halides is 3. The Hall–Kier alpha value is -2.62. The van der Waals surface area contributed by atoms with Gasteiger partial charge in [0.15, 0.2) is 0 Å². The summed E-state index contributed by atoms with van der Waals surface area (Å²) in [5.41, 5.74) is 1.88. The molecule has 182 valence electrons. The molecule has 0 spiro atoms. The highest BCUT2D eigenvalue weighted by molar-refractivity contribution is 7.88. The molecular weight excluding hydrogens is 463 g/mol. The molecule has 9 heteroatoms. The zero-order chi connectivity index (χ0) is 24.3. The summed E-state index contributed by atoms with van der Waals surface area (Å²) in [6.45, 7) is 3.71. The third kappa shape index (κ3) is 5.89. The molecule has 4 rings (SSSR count). The lowest BCUT2D eigenvalue weighted by molar-refractivity contribution is -0.137. The topological polar surface area (TPSA) is 52.7 Å². The van der Waals surface area contributed by atoms with Gasteiger partial charge in [-0.2, -0.15) is 13.2 Å². The Balaban J connectivity index is 1.40. The van der Waals surface area contributed by atoms with Crippen molar-refractivity contribution in [3.8, 4) is 0 Å². The maximum atomic E-state index is 13.0. The molecule has 0 amide bonds. The average Bonchev–Trinajstić information content (AvgIpc) is 2.82. The molecule has 3 aromatic rings. The first-order valence-electron chi connectivity index (χ1n) is 11.2. The van der Waals surface area contributed by atoms with E-state index in [0.717, 1.165) is 54.0 Å². The summed E-state index contributed by atoms with van der Waals surface area (Å²) in [5.74, 6) is -0.0642. The monoisotopic (exact) mass is 491 g/mol. The van der Waals surface area contributed by atoms with E-state index < -0.39 is 21.8 Å². The molecule has 1 fully saturated rings. The minimum atomic E-state index is -4.34. The largest absolute Gasteiger partial charge is 0.416 e. The van der Waals surface area contributed by atoms with Crippen molar-refractivity contribution >= 4 is 26.5 Å². The van der Waals surface area contributed by atoms with Gasteiger partial charge in [0.05, 0.1) is 11.3 Å². The molecule has 1 heterocycles. The first-order chi connectivity index (χ1) is 16.1. The van der Waals surface area contributed by atoms with Crippen LogP contribution < -0.4 is 9.62 Å². The Bertz CT molecular complexity index is 1250. The van der Waals surface area contributed by atoms with Gasteiger partial charge in [-0.1, -0.05) is 36.4 Å². The Labute approximate surface area is 198 Å². The summed E-state index contributed by atoms with van der Waals surface area (Å²) in [7, 11) is -1.94. The molecule has 0 atom stereocenters. The van der Waals surface area contributed by atoms with Gasteiger partial charge in [0.2, 0.25) is 10.0 Å². The fraction of sp³-hybridized carbons (Fsp3) is 0.360. The number of hydrogen-bond acceptors (Lipinski definition) is 4. The van der Waals surface area contributed by atoms with Crippen molar-refractivity contribution in [3.63, 3.8) is 0 Å². The molecule has 1 aliphatic heterocycles. The van der Waals surface area contributed by atoms with E-state index >= 15 is 0 Å². The molecule has 1 aliphatic rings. The van der Waals surface area contributed by atoms with Gasteiger partial charge >= 0.3 is 6.18 Å². The van der Waals surface area contributed by atoms with Gasteiger partial charge in [0.1, 0.15) is 0 Å². The molecule has 0 aliphatic carbocycles. The first-order valence-corrected chi connectivity index (χ1v) is 12.9. The highest BCUT2D eigenvalue weighted by Crippen LogP contribution is 2.32. The summed E-state index contributed by atoms with van der Waals surface area (Å²) in [4.78, 5) is 4.32. The van der Waals surface area contributed by atoms with Crippen LogP contribution in [0.15, 0.2) is 60.7 Å². The smallest absolute Gasteiger partial charge is 0.369 e. The summed E-state index contributed by atoms with van der Waals surface area (Å²) < 4.78 is 65.3. The molecule has 0 aromatic heterocycles. The standard InChI is InChI=1S/C25H28F3N3O2S/c1-29-34(32,33)18-19-8-9-20-4-2-5-21(24(20)16-19)10-11-30-12-14-31(15-13-30)23-7-3-6-22(17-23)25(26,27)28/h2-9,16-17,29H,10-15,18H2,1H3. The zero-order valence-electron chi connectivity index (χ0n) is 19.0. The lowest BCUT2D eigenvalue weighted by Gasteiger charge is -2.36. The number of halogens is 3. The van der Waals surface area contributed by atoms with Crippen LogP contribution in [0, 0.1) is 0 Å². The number of sulfonamides is 1. The molecule has 5 nitrogen and oxygen atoms in total. The van der Waals surface area contributed by atoms with Crippen LogP contribution >= 0.6 is 0 Å². The fourth-order valence-electron chi connectivity index (χ4n) is 4.37. The van der Waals surface area contributed by atoms with Gasteiger partial charge in [-0.3, -0.25) is 4.90 Å². The average molecular weight is 492 g/mol. The van der Waals surface area contributed by atoms with Gasteiger partial charge < -0.3 is 4.90 Å². The predicted octanol–water partition coefficient (Wildman–Crippen LogP) is 4.27. The predicted molar refractivity (Wildman–Crippen MR) is 129 cm³/mol. The van der Waals surface area contributed by atoms with Crippen LogP contribution in [0.5, 0.6) is 0 Å². The van der Waals surface area contributed by atoms with Gasteiger partial charge in [0.25, 0.3) is 0 Å². The van der Waals surface area contributed by atoms with Crippen molar-refractivity contribution in [1.82, 2.24) is 9.62 Å². The van der Waals surface area contributed by atoms with E-state index in [1.807, 2.05) is 35.2 Å². The van der Waals surface area contributed by atoms with Crippen molar-refractivity contribution in [2.24, 2.45) is 0 Å². The third-order valence-corrected chi connectivity index (χ3v) is 7.65. The zero-order valence-corrected chi connectivity index (χ0v) is 19.8. The van der Waals surface area contributed by atoms with E-state index in [2.05, 4.69) is 15.7 Å². The summed E-state index contributed by atoms with van der Waals surface area (Å²) in [6.07, 6.45) is -3.53. The van der Waals surface area contributed by atoms with E-state index in [0.29, 0.717) is 18.8 Å². The van der Waals surface area contributed by atoms with Crippen LogP contribution in [-0.2, 0) is 28.4 Å². The minimum absolute atomic E-state index is 0.0642. The fourth-order valence-corrected chi connectivity index (χ4v) is 5.13. The van der Waals surface area contributed by atoms with E-state index in [1.165, 1.54) is 19.2 Å². The minimum Gasteiger partial charge on any atom is -0.369 e. The highest BCUT2D eigenvalue weighted by atomic mass is 32.2. The van der Waals surface area contributed by atoms with Crippen LogP contribution in [0.1, 0.15) is 16.7 Å². The van der Waals surface area contributed by atoms with Gasteiger partial charge in [-0.05, 0) is 59.6 Å². The van der Waals surface area contributed by atoms with Gasteiger partial charge in [0, 0.05) is 38.4 Å². The van der Waals surface area contributed by atoms with Gasteiger partial charge in [-0.25, -0.2) is 13.1 Å². The SMILES string of the molecule is CNS(=O)(=O)Cc1ccc2cccc(CCN3CCN(c4cccc(C(F)(F)F)c4)CC3)c2c1. The molecule has 0 unspecified atom stereocenters. The number of benzene rings is 3. The van der Waals surface area contributed by atoms with Crippen LogP contribution in [0.25, 0.3) is 10.8 Å². The second-order valence-corrected chi connectivity index (χ2v) is 10.5. The second-order valence-electron chi connectivity index (χ2n) is 8.56. The number of nitrogens with zero attached hydrogens (tertiary/aromatic N) is 2. The number of anilines is 1. The van der Waals surface area contributed by atoms with Crippen molar-refractivity contribution in [2.45, 2.75) is 18.3 Å². The molecule has 0 bridgehead atoms. The van der Waals surface area contributed by atoms with E-state index in [9.17, 15) is 21.6 Å². The first kappa shape index (κ1) is 24.5. The molecule has 1 saturated heterocycles. The highest BCUT2D eigenvalue weighted by Gasteiger charge is 2.31. The van der Waals surface area contributed by atoms with Crippen molar-refractivity contribution in [2.75, 3.05) is 44.7 Å². The summed E-state index contributed by atoms with van der Waals surface area (Å²) in [5, 5.41) is 2.12. The lowest BCUT2D eigenvalue weighted by atomic mass is 10.00. The Morgan fingerprint density at radius 2 is 1.68 bits per heavy atom. The van der Waals surface area contributed by atoms with Crippen LogP contribution in [0.3, 0.4) is 0 Å². The number of nitrogens with one attached hydrogen (secondary N) is 1. The number of piperazine rings is 1. The lowest BCUT2D eigenvalue weighted by Crippen LogP contribution is -2.47. The molecule has 1 N–H and O–H groups in total. The van der Waals surface area contributed by atoms with E-state index in [4.69, 9.17) is 0 Å².